The summed E-state index contributed by atoms with van der Waals surface area (Å²) in [6.07, 6.45) is 1.59. The largest absolute Gasteiger partial charge is 0.340 e. The fourth-order valence-electron chi connectivity index (χ4n) is 1.14. The number of nitrogens with zero attached hydrogens (tertiary/aromatic N) is 3. The summed E-state index contributed by atoms with van der Waals surface area (Å²) in [5, 5.41) is 4.02. The van der Waals surface area contributed by atoms with Crippen LogP contribution in [0.1, 0.15) is 16.1 Å². The highest BCUT2D eigenvalue weighted by molar-refractivity contribution is 6.18. The maximum Gasteiger partial charge on any atom is 0.257 e. The van der Waals surface area contributed by atoms with Gasteiger partial charge in [0.05, 0.1) is 11.8 Å². The molecule has 0 aliphatic rings. The van der Waals surface area contributed by atoms with Crippen molar-refractivity contribution in [2.45, 2.75) is 6.92 Å². The van der Waals surface area contributed by atoms with Gasteiger partial charge in [-0.15, -0.1) is 11.6 Å². The number of aromatic nitrogens is 2. The molecule has 1 rings (SSSR count). The molecule has 0 aliphatic heterocycles. The average molecular weight is 216 g/mol. The Morgan fingerprint density at radius 2 is 2.36 bits per heavy atom. The molecule has 0 saturated carbocycles. The monoisotopic (exact) mass is 215 g/mol. The van der Waals surface area contributed by atoms with Crippen LogP contribution in [0, 0.1) is 6.92 Å². The van der Waals surface area contributed by atoms with Gasteiger partial charge < -0.3 is 4.90 Å². The second-order valence-corrected chi connectivity index (χ2v) is 3.56. The fourth-order valence-corrected chi connectivity index (χ4v) is 1.40. The summed E-state index contributed by atoms with van der Waals surface area (Å²) in [4.78, 5) is 13.4. The number of carbonyl (C=O) groups excluding carboxylic acids is 1. The number of aryl methyl sites for hydroxylation is 1. The minimum absolute atomic E-state index is 0.0312. The van der Waals surface area contributed by atoms with Crippen molar-refractivity contribution in [3.63, 3.8) is 0 Å². The van der Waals surface area contributed by atoms with Gasteiger partial charge in [-0.25, -0.2) is 0 Å². The van der Waals surface area contributed by atoms with E-state index in [1.165, 1.54) is 0 Å². The molecular formula is C9H14ClN3O. The van der Waals surface area contributed by atoms with Crippen molar-refractivity contribution in [2.24, 2.45) is 7.05 Å². The van der Waals surface area contributed by atoms with Crippen LogP contribution in [-0.4, -0.2) is 40.1 Å². The summed E-state index contributed by atoms with van der Waals surface area (Å²) in [7, 11) is 3.55. The first-order valence-corrected chi connectivity index (χ1v) is 4.91. The second-order valence-electron chi connectivity index (χ2n) is 3.18. The van der Waals surface area contributed by atoms with Gasteiger partial charge >= 0.3 is 0 Å². The maximum absolute atomic E-state index is 11.8. The molecule has 0 unspecified atom stereocenters. The van der Waals surface area contributed by atoms with Crippen molar-refractivity contribution in [3.05, 3.63) is 17.5 Å². The molecular weight excluding hydrogens is 202 g/mol. The van der Waals surface area contributed by atoms with E-state index in [-0.39, 0.29) is 5.91 Å². The van der Waals surface area contributed by atoms with E-state index in [2.05, 4.69) is 5.10 Å². The molecule has 0 radical (unpaired) electrons. The molecule has 1 amide bonds. The van der Waals surface area contributed by atoms with Crippen molar-refractivity contribution in [1.29, 1.82) is 0 Å². The van der Waals surface area contributed by atoms with Crippen molar-refractivity contribution >= 4 is 17.5 Å². The van der Waals surface area contributed by atoms with Crippen LogP contribution in [0.2, 0.25) is 0 Å². The third-order valence-corrected chi connectivity index (χ3v) is 2.40. The minimum atomic E-state index is -0.0312. The summed E-state index contributed by atoms with van der Waals surface area (Å²) >= 11 is 5.56. The second kappa shape index (κ2) is 4.46. The molecule has 0 saturated heterocycles. The van der Waals surface area contributed by atoms with Gasteiger partial charge in [0.25, 0.3) is 5.91 Å². The van der Waals surface area contributed by atoms with Crippen LogP contribution in [-0.2, 0) is 7.05 Å². The number of carbonyl (C=O) groups is 1. The Hall–Kier alpha value is -1.03. The van der Waals surface area contributed by atoms with Gasteiger partial charge in [0.15, 0.2) is 0 Å². The van der Waals surface area contributed by atoms with E-state index in [9.17, 15) is 4.79 Å². The number of alkyl halides is 1. The molecule has 0 aromatic carbocycles. The average Bonchev–Trinajstić information content (AvgIpc) is 2.47. The van der Waals surface area contributed by atoms with Crippen LogP contribution < -0.4 is 0 Å². The van der Waals surface area contributed by atoms with Crippen LogP contribution in [0.15, 0.2) is 6.20 Å². The van der Waals surface area contributed by atoms with Gasteiger partial charge in [0, 0.05) is 32.2 Å². The molecule has 1 aromatic rings. The lowest BCUT2D eigenvalue weighted by Crippen LogP contribution is -2.28. The molecule has 0 N–H and O–H groups in total. The summed E-state index contributed by atoms with van der Waals surface area (Å²) in [6.45, 7) is 2.42. The van der Waals surface area contributed by atoms with Crippen LogP contribution in [0.25, 0.3) is 0 Å². The molecule has 1 heterocycles. The van der Waals surface area contributed by atoms with Gasteiger partial charge in [0.1, 0.15) is 0 Å². The first-order valence-electron chi connectivity index (χ1n) is 4.38. The van der Waals surface area contributed by atoms with Gasteiger partial charge in [-0.05, 0) is 6.92 Å². The quantitative estimate of drug-likeness (QED) is 0.707. The highest BCUT2D eigenvalue weighted by Gasteiger charge is 2.16. The Kier molecular flexibility index (Phi) is 3.52. The van der Waals surface area contributed by atoms with E-state index in [0.717, 1.165) is 5.69 Å². The van der Waals surface area contributed by atoms with E-state index < -0.39 is 0 Å². The molecule has 0 spiro atoms. The summed E-state index contributed by atoms with van der Waals surface area (Å²) in [5.41, 5.74) is 1.51. The first-order chi connectivity index (χ1) is 6.57. The van der Waals surface area contributed by atoms with Gasteiger partial charge in [-0.1, -0.05) is 0 Å². The maximum atomic E-state index is 11.8. The third kappa shape index (κ3) is 2.07. The Morgan fingerprint density at radius 1 is 1.71 bits per heavy atom. The molecule has 4 nitrogen and oxygen atoms in total. The third-order valence-electron chi connectivity index (χ3n) is 2.23. The minimum Gasteiger partial charge on any atom is -0.340 e. The van der Waals surface area contributed by atoms with Crippen molar-refractivity contribution in [3.8, 4) is 0 Å². The number of hydrogen-bond acceptors (Lipinski definition) is 2. The summed E-state index contributed by atoms with van der Waals surface area (Å²) < 4.78 is 1.68. The lowest BCUT2D eigenvalue weighted by Gasteiger charge is -2.14. The lowest BCUT2D eigenvalue weighted by molar-refractivity contribution is 0.0802. The molecule has 14 heavy (non-hydrogen) atoms. The Bertz CT molecular complexity index is 335. The summed E-state index contributed by atoms with van der Waals surface area (Å²) in [6, 6.07) is 0. The van der Waals surface area contributed by atoms with E-state index in [1.54, 1.807) is 22.8 Å². The molecule has 1 aromatic heterocycles. The topological polar surface area (TPSA) is 38.1 Å². The number of hydrogen-bond donors (Lipinski definition) is 0. The van der Waals surface area contributed by atoms with Crippen molar-refractivity contribution in [1.82, 2.24) is 14.7 Å². The zero-order valence-electron chi connectivity index (χ0n) is 8.62. The van der Waals surface area contributed by atoms with Crippen LogP contribution in [0.4, 0.5) is 0 Å². The predicted octanol–water partition coefficient (Wildman–Crippen LogP) is 1.04. The van der Waals surface area contributed by atoms with Crippen LogP contribution in [0.5, 0.6) is 0 Å². The molecule has 5 heteroatoms. The van der Waals surface area contributed by atoms with Gasteiger partial charge in [-0.2, -0.15) is 5.10 Å². The molecule has 78 valence electrons. The smallest absolute Gasteiger partial charge is 0.257 e. The van der Waals surface area contributed by atoms with Gasteiger partial charge in [-0.3, -0.25) is 9.48 Å². The molecule has 0 atom stereocenters. The highest BCUT2D eigenvalue weighted by Crippen LogP contribution is 2.08. The molecule has 0 fully saturated rings. The molecule has 0 aliphatic carbocycles. The number of rotatable bonds is 3. The molecule has 0 bridgehead atoms. The van der Waals surface area contributed by atoms with Crippen LogP contribution >= 0.6 is 11.6 Å². The SMILES string of the molecule is Cc1c(C(=O)N(C)CCCl)cnn1C. The zero-order chi connectivity index (χ0) is 10.7. The summed E-state index contributed by atoms with van der Waals surface area (Å²) in [5.74, 6) is 0.415. The highest BCUT2D eigenvalue weighted by atomic mass is 35.5. The Morgan fingerprint density at radius 3 is 2.79 bits per heavy atom. The van der Waals surface area contributed by atoms with E-state index in [1.807, 2.05) is 14.0 Å². The Balaban J connectivity index is 2.84. The van der Waals surface area contributed by atoms with E-state index >= 15 is 0 Å². The first kappa shape index (κ1) is 11.0. The predicted molar refractivity (Wildman–Crippen MR) is 55.6 cm³/mol. The number of halogens is 1. The van der Waals surface area contributed by atoms with Crippen molar-refractivity contribution < 1.29 is 4.79 Å². The number of amides is 1. The lowest BCUT2D eigenvalue weighted by atomic mass is 10.2. The van der Waals surface area contributed by atoms with E-state index in [4.69, 9.17) is 11.6 Å². The van der Waals surface area contributed by atoms with Crippen molar-refractivity contribution in [2.75, 3.05) is 19.5 Å². The fraction of sp³-hybridized carbons (Fsp3) is 0.556. The Labute approximate surface area is 88.5 Å². The normalized spacial score (nSPS) is 10.3. The van der Waals surface area contributed by atoms with Gasteiger partial charge in [0.2, 0.25) is 0 Å². The zero-order valence-corrected chi connectivity index (χ0v) is 9.38. The standard InChI is InChI=1S/C9H14ClN3O/c1-7-8(6-11-13(7)3)9(14)12(2)5-4-10/h6H,4-5H2,1-3H3. The van der Waals surface area contributed by atoms with Crippen LogP contribution in [0.3, 0.4) is 0 Å². The van der Waals surface area contributed by atoms with E-state index in [0.29, 0.717) is 18.0 Å².